The number of hydrogen-bond acceptors (Lipinski definition) is 2. The minimum absolute atomic E-state index is 0.368. The lowest BCUT2D eigenvalue weighted by molar-refractivity contribution is 0.206. The molecule has 74 valence electrons. The average Bonchev–Trinajstić information content (AvgIpc) is 2.67. The zero-order valence-corrected chi connectivity index (χ0v) is 8.15. The van der Waals surface area contributed by atoms with Crippen LogP contribution in [0.25, 0.3) is 0 Å². The molecule has 1 saturated heterocycles. The summed E-state index contributed by atoms with van der Waals surface area (Å²) in [5.41, 5.74) is 0. The lowest BCUT2D eigenvalue weighted by Gasteiger charge is -2.27. The highest BCUT2D eigenvalue weighted by molar-refractivity contribution is 5.00. The van der Waals surface area contributed by atoms with Crippen molar-refractivity contribution in [1.29, 1.82) is 0 Å². The first-order chi connectivity index (χ1) is 6.40. The third-order valence-corrected chi connectivity index (χ3v) is 3.27. The number of aliphatic hydroxyl groups is 1. The number of aliphatic hydroxyl groups excluding tert-OH is 1. The third-order valence-electron chi connectivity index (χ3n) is 3.27. The van der Waals surface area contributed by atoms with Gasteiger partial charge in [-0.05, 0) is 38.1 Å². The largest absolute Gasteiger partial charge is 0.396 e. The van der Waals surface area contributed by atoms with Gasteiger partial charge < -0.3 is 5.11 Å². The molecule has 0 aromatic heterocycles. The van der Waals surface area contributed by atoms with E-state index in [4.69, 9.17) is 5.11 Å². The Kier molecular flexibility index (Phi) is 3.01. The molecular formula is C11H19NO. The molecule has 0 amide bonds. The van der Waals surface area contributed by atoms with E-state index >= 15 is 0 Å². The Morgan fingerprint density at radius 3 is 2.92 bits per heavy atom. The van der Waals surface area contributed by atoms with Gasteiger partial charge in [0.1, 0.15) is 0 Å². The monoisotopic (exact) mass is 181 g/mol. The maximum Gasteiger partial charge on any atom is 0.0471 e. The van der Waals surface area contributed by atoms with Crippen molar-refractivity contribution < 1.29 is 5.11 Å². The van der Waals surface area contributed by atoms with Crippen LogP contribution in [0.1, 0.15) is 25.7 Å². The van der Waals surface area contributed by atoms with Gasteiger partial charge >= 0.3 is 0 Å². The fourth-order valence-corrected chi connectivity index (χ4v) is 2.41. The van der Waals surface area contributed by atoms with Crippen LogP contribution in [0.5, 0.6) is 0 Å². The van der Waals surface area contributed by atoms with Gasteiger partial charge in [-0.3, -0.25) is 4.90 Å². The molecule has 2 nitrogen and oxygen atoms in total. The quantitative estimate of drug-likeness (QED) is 0.651. The Morgan fingerprint density at radius 1 is 1.38 bits per heavy atom. The number of likely N-dealkylation sites (tertiary alicyclic amines) is 1. The van der Waals surface area contributed by atoms with E-state index in [-0.39, 0.29) is 0 Å². The highest BCUT2D eigenvalue weighted by Gasteiger charge is 2.26. The molecule has 2 atom stereocenters. The predicted molar refractivity (Wildman–Crippen MR) is 53.5 cm³/mol. The molecule has 0 aromatic carbocycles. The average molecular weight is 181 g/mol. The topological polar surface area (TPSA) is 23.5 Å². The molecule has 0 spiro atoms. The Bertz CT molecular complexity index is 191. The molecule has 1 unspecified atom stereocenters. The van der Waals surface area contributed by atoms with Crippen molar-refractivity contribution >= 4 is 0 Å². The van der Waals surface area contributed by atoms with Gasteiger partial charge in [-0.2, -0.15) is 0 Å². The normalized spacial score (nSPS) is 35.5. The summed E-state index contributed by atoms with van der Waals surface area (Å²) in [6.07, 6.45) is 9.74. The van der Waals surface area contributed by atoms with Crippen LogP contribution in [-0.4, -0.2) is 35.7 Å². The number of allylic oxidation sites excluding steroid dienone is 1. The second-order valence-electron chi connectivity index (χ2n) is 4.26. The van der Waals surface area contributed by atoms with Crippen molar-refractivity contribution in [1.82, 2.24) is 4.90 Å². The summed E-state index contributed by atoms with van der Waals surface area (Å²) in [6, 6.07) is 0.672. The second-order valence-corrected chi connectivity index (χ2v) is 4.26. The van der Waals surface area contributed by atoms with E-state index < -0.39 is 0 Å². The van der Waals surface area contributed by atoms with E-state index in [1.54, 1.807) is 0 Å². The van der Waals surface area contributed by atoms with Crippen molar-refractivity contribution in [3.05, 3.63) is 12.2 Å². The van der Waals surface area contributed by atoms with E-state index in [1.165, 1.54) is 32.2 Å². The SMILES string of the molecule is OC[C@@H]1CCN(C2C=CCCC2)C1. The molecule has 2 heteroatoms. The maximum absolute atomic E-state index is 9.04. The standard InChI is InChI=1S/C11H19NO/c13-9-10-6-7-12(8-10)11-4-2-1-3-5-11/h2,4,10-11,13H,1,3,5-9H2/t10-,11?/m1/s1. The van der Waals surface area contributed by atoms with Gasteiger partial charge in [-0.25, -0.2) is 0 Å². The van der Waals surface area contributed by atoms with E-state index in [0.717, 1.165) is 6.54 Å². The summed E-state index contributed by atoms with van der Waals surface area (Å²) in [5.74, 6) is 0.537. The molecule has 1 fully saturated rings. The first-order valence-electron chi connectivity index (χ1n) is 5.41. The van der Waals surface area contributed by atoms with E-state index in [1.807, 2.05) is 0 Å². The number of hydrogen-bond donors (Lipinski definition) is 1. The first-order valence-corrected chi connectivity index (χ1v) is 5.41. The van der Waals surface area contributed by atoms with Gasteiger partial charge in [0.2, 0.25) is 0 Å². The van der Waals surface area contributed by atoms with Gasteiger partial charge in [0.25, 0.3) is 0 Å². The number of rotatable bonds is 2. The molecule has 0 radical (unpaired) electrons. The van der Waals surface area contributed by atoms with Crippen LogP contribution in [0.15, 0.2) is 12.2 Å². The van der Waals surface area contributed by atoms with Crippen molar-refractivity contribution in [3.8, 4) is 0 Å². The molecule has 0 aromatic rings. The highest BCUT2D eigenvalue weighted by Crippen LogP contribution is 2.23. The van der Waals surface area contributed by atoms with Crippen LogP contribution in [0.3, 0.4) is 0 Å². The fraction of sp³-hybridized carbons (Fsp3) is 0.818. The number of nitrogens with zero attached hydrogens (tertiary/aromatic N) is 1. The van der Waals surface area contributed by atoms with Gasteiger partial charge in [0, 0.05) is 19.2 Å². The van der Waals surface area contributed by atoms with Crippen molar-refractivity contribution in [2.24, 2.45) is 5.92 Å². The molecule has 0 saturated carbocycles. The fourth-order valence-electron chi connectivity index (χ4n) is 2.41. The molecule has 1 aliphatic heterocycles. The zero-order valence-electron chi connectivity index (χ0n) is 8.15. The molecule has 1 aliphatic carbocycles. The summed E-state index contributed by atoms with van der Waals surface area (Å²) in [5, 5.41) is 9.04. The molecule has 13 heavy (non-hydrogen) atoms. The van der Waals surface area contributed by atoms with Crippen LogP contribution in [0.2, 0.25) is 0 Å². The van der Waals surface area contributed by atoms with Crippen LogP contribution in [-0.2, 0) is 0 Å². The minimum Gasteiger partial charge on any atom is -0.396 e. The van der Waals surface area contributed by atoms with Crippen molar-refractivity contribution in [3.63, 3.8) is 0 Å². The molecule has 0 bridgehead atoms. The van der Waals surface area contributed by atoms with Gasteiger partial charge in [0.15, 0.2) is 0 Å². The Morgan fingerprint density at radius 2 is 2.31 bits per heavy atom. The summed E-state index contributed by atoms with van der Waals surface area (Å²) in [4.78, 5) is 2.52. The predicted octanol–water partition coefficient (Wildman–Crippen LogP) is 1.41. The lowest BCUT2D eigenvalue weighted by atomic mass is 10.0. The van der Waals surface area contributed by atoms with Crippen molar-refractivity contribution in [2.75, 3.05) is 19.7 Å². The first kappa shape index (κ1) is 9.22. The Hall–Kier alpha value is -0.340. The molecule has 1 N–H and O–H groups in total. The van der Waals surface area contributed by atoms with E-state index in [2.05, 4.69) is 17.1 Å². The molecule has 2 rings (SSSR count). The Balaban J connectivity index is 1.87. The second kappa shape index (κ2) is 4.25. The minimum atomic E-state index is 0.368. The molecular weight excluding hydrogens is 162 g/mol. The van der Waals surface area contributed by atoms with Crippen molar-refractivity contribution in [2.45, 2.75) is 31.7 Å². The Labute approximate surface area is 80.2 Å². The molecule has 1 heterocycles. The summed E-state index contributed by atoms with van der Waals surface area (Å²) in [7, 11) is 0. The maximum atomic E-state index is 9.04. The van der Waals surface area contributed by atoms with E-state index in [9.17, 15) is 0 Å². The summed E-state index contributed by atoms with van der Waals surface area (Å²) in [6.45, 7) is 2.65. The van der Waals surface area contributed by atoms with Crippen LogP contribution >= 0.6 is 0 Å². The van der Waals surface area contributed by atoms with Crippen LogP contribution in [0.4, 0.5) is 0 Å². The summed E-state index contributed by atoms with van der Waals surface area (Å²) < 4.78 is 0. The summed E-state index contributed by atoms with van der Waals surface area (Å²) >= 11 is 0. The molecule has 2 aliphatic rings. The highest BCUT2D eigenvalue weighted by atomic mass is 16.3. The van der Waals surface area contributed by atoms with Gasteiger partial charge in [0.05, 0.1) is 0 Å². The van der Waals surface area contributed by atoms with Gasteiger partial charge in [-0.1, -0.05) is 12.2 Å². The van der Waals surface area contributed by atoms with E-state index in [0.29, 0.717) is 18.6 Å². The van der Waals surface area contributed by atoms with Gasteiger partial charge in [-0.15, -0.1) is 0 Å². The third kappa shape index (κ3) is 2.12. The smallest absolute Gasteiger partial charge is 0.0471 e. The van der Waals surface area contributed by atoms with Crippen LogP contribution in [0, 0.1) is 5.92 Å². The lowest BCUT2D eigenvalue weighted by Crippen LogP contribution is -2.33. The van der Waals surface area contributed by atoms with Crippen LogP contribution < -0.4 is 0 Å². The zero-order chi connectivity index (χ0) is 9.10.